The fourth-order valence-corrected chi connectivity index (χ4v) is 2.88. The fourth-order valence-electron chi connectivity index (χ4n) is 2.88. The SMILES string of the molecule is [2H]c1ccc(-c2oc3cc(O)cc(O)c3c(=O)c2OC)c(CC=C(C)C)c1O. The Labute approximate surface area is 157 Å². The van der Waals surface area contributed by atoms with Crippen LogP contribution in [0.3, 0.4) is 0 Å². The molecule has 3 rings (SSSR count). The van der Waals surface area contributed by atoms with Gasteiger partial charge in [0.2, 0.25) is 11.2 Å². The first-order valence-electron chi connectivity index (χ1n) is 8.76. The van der Waals surface area contributed by atoms with Crippen molar-refractivity contribution in [2.45, 2.75) is 20.3 Å². The molecule has 0 aliphatic rings. The Morgan fingerprint density at radius 2 is 2.00 bits per heavy atom. The van der Waals surface area contributed by atoms with Crippen LogP contribution in [0.5, 0.6) is 23.0 Å². The van der Waals surface area contributed by atoms with Crippen molar-refractivity contribution in [3.8, 4) is 34.3 Å². The number of fused-ring (bicyclic) bond motifs is 1. The van der Waals surface area contributed by atoms with Gasteiger partial charge in [0.25, 0.3) is 0 Å². The molecule has 27 heavy (non-hydrogen) atoms. The van der Waals surface area contributed by atoms with E-state index in [9.17, 15) is 20.1 Å². The van der Waals surface area contributed by atoms with E-state index in [2.05, 4.69) is 0 Å². The molecule has 0 amide bonds. The number of aromatic hydroxyl groups is 3. The molecule has 0 bridgehead atoms. The van der Waals surface area contributed by atoms with Crippen molar-refractivity contribution in [1.82, 2.24) is 0 Å². The number of rotatable bonds is 4. The van der Waals surface area contributed by atoms with Crippen LogP contribution in [0.2, 0.25) is 0 Å². The highest BCUT2D eigenvalue weighted by molar-refractivity contribution is 5.88. The number of hydrogen-bond acceptors (Lipinski definition) is 6. The molecule has 1 aromatic heterocycles. The predicted octanol–water partition coefficient (Wildman–Crippen LogP) is 4.09. The van der Waals surface area contributed by atoms with Gasteiger partial charge >= 0.3 is 0 Å². The highest BCUT2D eigenvalue weighted by atomic mass is 16.5. The lowest BCUT2D eigenvalue weighted by atomic mass is 9.99. The summed E-state index contributed by atoms with van der Waals surface area (Å²) in [7, 11) is 1.30. The Morgan fingerprint density at radius 1 is 1.26 bits per heavy atom. The zero-order valence-corrected chi connectivity index (χ0v) is 15.2. The molecule has 0 aliphatic heterocycles. The highest BCUT2D eigenvalue weighted by Gasteiger charge is 2.22. The van der Waals surface area contributed by atoms with E-state index < -0.39 is 11.2 Å². The van der Waals surface area contributed by atoms with E-state index in [0.29, 0.717) is 17.5 Å². The third-order valence-corrected chi connectivity index (χ3v) is 4.16. The Morgan fingerprint density at radius 3 is 2.67 bits per heavy atom. The molecule has 0 atom stereocenters. The first-order chi connectivity index (χ1) is 13.2. The maximum Gasteiger partial charge on any atom is 0.239 e. The standard InChI is InChI=1S/C21H20O6/c1-11(2)7-8-13-14(5-4-6-15(13)23)20-21(26-3)19(25)18-16(24)9-12(22)10-17(18)27-20/h4-7,9-10,22-24H,8H2,1-3H3/i6D. The van der Waals surface area contributed by atoms with Gasteiger partial charge in [-0.15, -0.1) is 0 Å². The molecule has 3 aromatic rings. The van der Waals surface area contributed by atoms with Gasteiger partial charge in [-0.2, -0.15) is 0 Å². The van der Waals surface area contributed by atoms with Gasteiger partial charge in [0, 0.05) is 23.3 Å². The van der Waals surface area contributed by atoms with Crippen molar-refractivity contribution in [1.29, 1.82) is 0 Å². The fraction of sp³-hybridized carbons (Fsp3) is 0.190. The Balaban J connectivity index is 2.40. The molecule has 0 spiro atoms. The summed E-state index contributed by atoms with van der Waals surface area (Å²) in [5.41, 5.74) is 1.16. The molecule has 0 saturated carbocycles. The number of ether oxygens (including phenoxy) is 1. The van der Waals surface area contributed by atoms with Crippen molar-refractivity contribution in [3.63, 3.8) is 0 Å². The number of hydrogen-bond donors (Lipinski definition) is 3. The minimum Gasteiger partial charge on any atom is -0.508 e. The van der Waals surface area contributed by atoms with Crippen LogP contribution in [-0.2, 0) is 6.42 Å². The first-order valence-corrected chi connectivity index (χ1v) is 8.26. The average molecular weight is 369 g/mol. The lowest BCUT2D eigenvalue weighted by Crippen LogP contribution is -2.08. The number of methoxy groups -OCH3 is 1. The summed E-state index contributed by atoms with van der Waals surface area (Å²) in [4.78, 5) is 12.9. The van der Waals surface area contributed by atoms with Crippen molar-refractivity contribution in [3.05, 3.63) is 57.7 Å². The van der Waals surface area contributed by atoms with E-state index >= 15 is 0 Å². The Bertz CT molecular complexity index is 1160. The molecule has 140 valence electrons. The van der Waals surface area contributed by atoms with Crippen LogP contribution in [0.25, 0.3) is 22.3 Å². The predicted molar refractivity (Wildman–Crippen MR) is 103 cm³/mol. The van der Waals surface area contributed by atoms with Gasteiger partial charge in [-0.05, 0) is 26.3 Å². The number of phenols is 3. The lowest BCUT2D eigenvalue weighted by molar-refractivity contribution is 0.396. The summed E-state index contributed by atoms with van der Waals surface area (Å²) in [6.45, 7) is 3.81. The average Bonchev–Trinajstić information content (AvgIpc) is 2.61. The van der Waals surface area contributed by atoms with Gasteiger partial charge in [-0.25, -0.2) is 0 Å². The zero-order valence-electron chi connectivity index (χ0n) is 16.2. The van der Waals surface area contributed by atoms with E-state index in [1.165, 1.54) is 19.2 Å². The van der Waals surface area contributed by atoms with Gasteiger partial charge in [-0.1, -0.05) is 23.8 Å². The molecule has 0 fully saturated rings. The number of allylic oxidation sites excluding steroid dienone is 2. The monoisotopic (exact) mass is 369 g/mol. The summed E-state index contributed by atoms with van der Waals surface area (Å²) in [6.07, 6.45) is 2.19. The van der Waals surface area contributed by atoms with Crippen LogP contribution in [0.4, 0.5) is 0 Å². The number of benzene rings is 2. The van der Waals surface area contributed by atoms with Gasteiger partial charge in [0.05, 0.1) is 8.48 Å². The maximum absolute atomic E-state index is 12.9. The largest absolute Gasteiger partial charge is 0.508 e. The molecule has 6 nitrogen and oxygen atoms in total. The minimum absolute atomic E-state index is 0.0269. The lowest BCUT2D eigenvalue weighted by Gasteiger charge is -2.14. The van der Waals surface area contributed by atoms with Crippen LogP contribution < -0.4 is 10.2 Å². The molecule has 3 N–H and O–H groups in total. The normalized spacial score (nSPS) is 11.3. The van der Waals surface area contributed by atoms with Crippen LogP contribution in [0.15, 0.2) is 51.2 Å². The summed E-state index contributed by atoms with van der Waals surface area (Å²) < 4.78 is 18.9. The number of phenolic OH excluding ortho intramolecular Hbond substituents is 3. The molecule has 0 unspecified atom stereocenters. The second kappa shape index (κ2) is 7.07. The van der Waals surface area contributed by atoms with E-state index in [-0.39, 0.29) is 40.0 Å². The van der Waals surface area contributed by atoms with Gasteiger partial charge in [0.1, 0.15) is 28.2 Å². The molecule has 0 radical (unpaired) electrons. The summed E-state index contributed by atoms with van der Waals surface area (Å²) in [5.74, 6) is -1.03. The molecule has 1 heterocycles. The Hall–Kier alpha value is -3.41. The van der Waals surface area contributed by atoms with Crippen LogP contribution >= 0.6 is 0 Å². The summed E-state index contributed by atoms with van der Waals surface area (Å²) in [5, 5.41) is 30.1. The second-order valence-electron chi connectivity index (χ2n) is 6.34. The second-order valence-corrected chi connectivity index (χ2v) is 6.34. The molecular weight excluding hydrogens is 348 g/mol. The highest BCUT2D eigenvalue weighted by Crippen LogP contribution is 2.39. The third-order valence-electron chi connectivity index (χ3n) is 4.16. The van der Waals surface area contributed by atoms with Crippen LogP contribution in [0, 0.1) is 0 Å². The Kier molecular flexibility index (Phi) is 4.46. The van der Waals surface area contributed by atoms with Crippen LogP contribution in [-0.4, -0.2) is 22.4 Å². The quantitative estimate of drug-likeness (QED) is 0.599. The van der Waals surface area contributed by atoms with Gasteiger partial charge in [-0.3, -0.25) is 4.79 Å². The van der Waals surface area contributed by atoms with Crippen LogP contribution in [0.1, 0.15) is 20.8 Å². The smallest absolute Gasteiger partial charge is 0.239 e. The minimum atomic E-state index is -0.612. The van der Waals surface area contributed by atoms with Gasteiger partial charge < -0.3 is 24.5 Å². The van der Waals surface area contributed by atoms with E-state index in [1.54, 1.807) is 6.07 Å². The van der Waals surface area contributed by atoms with Crippen molar-refractivity contribution in [2.24, 2.45) is 0 Å². The van der Waals surface area contributed by atoms with Crippen molar-refractivity contribution in [2.75, 3.05) is 7.11 Å². The molecular formula is C21H20O6. The summed E-state index contributed by atoms with van der Waals surface area (Å²) >= 11 is 0. The van der Waals surface area contributed by atoms with Gasteiger partial charge in [0.15, 0.2) is 5.76 Å². The van der Waals surface area contributed by atoms with Crippen molar-refractivity contribution >= 4 is 11.0 Å². The third kappa shape index (κ3) is 3.33. The topological polar surface area (TPSA) is 100 Å². The maximum atomic E-state index is 12.9. The molecule has 0 saturated heterocycles. The van der Waals surface area contributed by atoms with E-state index in [1.807, 2.05) is 19.9 Å². The zero-order chi connectivity index (χ0) is 20.6. The van der Waals surface area contributed by atoms with E-state index in [4.69, 9.17) is 10.5 Å². The van der Waals surface area contributed by atoms with Crippen molar-refractivity contribution < 1.29 is 25.8 Å². The van der Waals surface area contributed by atoms with E-state index in [0.717, 1.165) is 11.6 Å². The first kappa shape index (κ1) is 17.0. The molecule has 6 heteroatoms. The summed E-state index contributed by atoms with van der Waals surface area (Å²) in [6, 6.07) is 5.15. The molecule has 2 aromatic carbocycles. The molecule has 0 aliphatic carbocycles.